The zero-order chi connectivity index (χ0) is 61.9. The molecular weight excluding hydrogens is 1200 g/mol. The third kappa shape index (κ3) is 16.9. The first-order valence-corrected chi connectivity index (χ1v) is 33.8. The number of hydrogen-bond acceptors (Lipinski definition) is 18. The molecule has 30 heteroatoms. The lowest BCUT2D eigenvalue weighted by Gasteiger charge is -2.31. The van der Waals surface area contributed by atoms with E-state index in [1.807, 2.05) is 11.8 Å². The first-order valence-electron chi connectivity index (χ1n) is 26.4. The zero-order valence-electron chi connectivity index (χ0n) is 46.7. The van der Waals surface area contributed by atoms with Crippen LogP contribution in [0, 0.1) is 0 Å². The molecule has 0 bridgehead atoms. The lowest BCUT2D eigenvalue weighted by atomic mass is 9.74. The number of methoxy groups -OCH3 is 2. The number of benzene rings is 4. The van der Waals surface area contributed by atoms with Gasteiger partial charge in [-0.25, -0.2) is 0 Å². The summed E-state index contributed by atoms with van der Waals surface area (Å²) in [5, 5.41) is 9.24. The van der Waals surface area contributed by atoms with Gasteiger partial charge in [0, 0.05) is 79.1 Å². The molecule has 0 amide bonds. The van der Waals surface area contributed by atoms with Crippen LogP contribution < -0.4 is 4.90 Å². The molecule has 0 aliphatic carbocycles. The van der Waals surface area contributed by atoms with Crippen molar-refractivity contribution in [2.75, 3.05) is 104 Å². The van der Waals surface area contributed by atoms with Gasteiger partial charge in [-0.2, -0.15) is 46.7 Å². The van der Waals surface area contributed by atoms with E-state index in [0.717, 1.165) is 12.1 Å². The van der Waals surface area contributed by atoms with Crippen molar-refractivity contribution in [2.45, 2.75) is 89.2 Å². The molecule has 25 nitrogen and oxygen atoms in total. The largest absolute Gasteiger partial charge is 0.481 e. The molecule has 2 unspecified atom stereocenters. The van der Waals surface area contributed by atoms with E-state index in [1.54, 1.807) is 61.1 Å². The van der Waals surface area contributed by atoms with E-state index in [4.69, 9.17) is 28.4 Å². The molecule has 4 aromatic rings. The van der Waals surface area contributed by atoms with E-state index in [9.17, 15) is 74.8 Å². The molecule has 0 saturated carbocycles. The maximum absolute atomic E-state index is 13.0. The maximum atomic E-state index is 13.0. The summed E-state index contributed by atoms with van der Waals surface area (Å²) in [4.78, 5) is 10.1. The average molecular weight is 1280 g/mol. The standard InChI is InChI=1S/C54H70N2O23S5/c1-53(19-11-33-80(59,60)61)48(56(22-24-77-27-25-74-3)45-18-16-40-42(51(45)53)34-38(81(62,63)64)36-46(40)83(68,69)70)12-7-5-8-13-49-54(2,20-23-76-29-30-79-32-31-78-28-26-75-4)52-43-35-39(82(65,66)67)37-47(84(71,72)73)41(43)15-17-44(52)55(49)21-10-6-9-14-50(57)58/h5,7-8,12-13,15-18,34-37H,6,9-11,14,19-33H2,1-4H3,(H5-,57,58,59,60,61,62,63,64,65,66,67,68,69,70,71,72,73)/p+1. The predicted molar refractivity (Wildman–Crippen MR) is 309 cm³/mol. The third-order valence-electron chi connectivity index (χ3n) is 14.5. The zero-order valence-corrected chi connectivity index (χ0v) is 50.8. The second kappa shape index (κ2) is 28.6. The van der Waals surface area contributed by atoms with Gasteiger partial charge >= 0.3 is 5.97 Å². The Labute approximate surface area is 489 Å². The lowest BCUT2D eigenvalue weighted by Crippen LogP contribution is -2.33. The van der Waals surface area contributed by atoms with Crippen molar-refractivity contribution >= 4 is 95.2 Å². The average Bonchev–Trinajstić information content (AvgIpc) is 1.55. The summed E-state index contributed by atoms with van der Waals surface area (Å²) in [6, 6.07) is 9.39. The van der Waals surface area contributed by atoms with Crippen LogP contribution >= 0.6 is 0 Å². The first kappa shape index (κ1) is 68.0. The van der Waals surface area contributed by atoms with Crippen molar-refractivity contribution in [3.05, 3.63) is 95.7 Å². The number of allylic oxidation sites excluding steroid dienone is 6. The number of nitrogens with zero attached hydrogens (tertiary/aromatic N) is 2. The Morgan fingerprint density at radius 1 is 0.560 bits per heavy atom. The Balaban J connectivity index is 1.53. The van der Waals surface area contributed by atoms with Crippen LogP contribution in [0.25, 0.3) is 21.5 Å². The number of fused-ring (bicyclic) bond motifs is 6. The molecule has 4 aromatic carbocycles. The fourth-order valence-electron chi connectivity index (χ4n) is 10.8. The second-order valence-corrected chi connectivity index (χ2v) is 27.5. The second-order valence-electron chi connectivity index (χ2n) is 20.3. The van der Waals surface area contributed by atoms with Gasteiger partial charge in [0.2, 0.25) is 5.69 Å². The minimum Gasteiger partial charge on any atom is -0.481 e. The molecule has 0 radical (unpaired) electrons. The van der Waals surface area contributed by atoms with Crippen molar-refractivity contribution < 1.29 is 108 Å². The number of anilines is 1. The first-order chi connectivity index (χ1) is 39.4. The smallest absolute Gasteiger partial charge is 0.303 e. The highest BCUT2D eigenvalue weighted by Crippen LogP contribution is 2.54. The van der Waals surface area contributed by atoms with Crippen LogP contribution in [0.15, 0.2) is 104 Å². The van der Waals surface area contributed by atoms with Crippen LogP contribution in [0.1, 0.15) is 69.9 Å². The molecular formula is C54H71N2O23S5+. The topological polar surface area (TPSA) is 371 Å². The summed E-state index contributed by atoms with van der Waals surface area (Å²) in [7, 11) is -21.9. The summed E-state index contributed by atoms with van der Waals surface area (Å²) in [5.41, 5.74) is 0.0791. The number of hydrogen-bond donors (Lipinski definition) is 6. The Hall–Kier alpha value is -5.13. The van der Waals surface area contributed by atoms with Gasteiger partial charge < -0.3 is 38.4 Å². The summed E-state index contributed by atoms with van der Waals surface area (Å²) >= 11 is 0. The van der Waals surface area contributed by atoms with Gasteiger partial charge in [-0.05, 0) is 105 Å². The quantitative estimate of drug-likeness (QED) is 0.0130. The molecule has 6 rings (SSSR count). The summed E-state index contributed by atoms with van der Waals surface area (Å²) in [5.74, 6) is -1.68. The van der Waals surface area contributed by atoms with Crippen LogP contribution in [-0.2, 0) is 94.6 Å². The van der Waals surface area contributed by atoms with Crippen molar-refractivity contribution in [3.63, 3.8) is 0 Å². The number of aliphatic carboxylic acids is 1. The molecule has 0 aromatic heterocycles. The van der Waals surface area contributed by atoms with E-state index >= 15 is 0 Å². The Morgan fingerprint density at radius 2 is 1.08 bits per heavy atom. The van der Waals surface area contributed by atoms with Crippen LogP contribution in [-0.4, -0.2) is 185 Å². The highest BCUT2D eigenvalue weighted by atomic mass is 32.2. The molecule has 0 fully saturated rings. The number of carbonyl (C=O) groups is 1. The van der Waals surface area contributed by atoms with Crippen molar-refractivity contribution in [1.29, 1.82) is 0 Å². The normalized spacial score (nSPS) is 18.4. The Bertz CT molecular complexity index is 3790. The minimum absolute atomic E-state index is 0.0264. The summed E-state index contributed by atoms with van der Waals surface area (Å²) in [6.07, 6.45) is 9.49. The molecule has 0 saturated heterocycles. The van der Waals surface area contributed by atoms with E-state index in [1.165, 1.54) is 19.2 Å². The Morgan fingerprint density at radius 3 is 1.61 bits per heavy atom. The van der Waals surface area contributed by atoms with E-state index in [0.29, 0.717) is 79.6 Å². The van der Waals surface area contributed by atoms with Gasteiger partial charge in [0.1, 0.15) is 16.4 Å². The van der Waals surface area contributed by atoms with Crippen LogP contribution in [0.3, 0.4) is 0 Å². The fraction of sp³-hybridized carbons (Fsp3) is 0.481. The molecule has 2 atom stereocenters. The summed E-state index contributed by atoms with van der Waals surface area (Å²) < 4.78 is 213. The van der Waals surface area contributed by atoms with Gasteiger partial charge in [0.15, 0.2) is 12.3 Å². The van der Waals surface area contributed by atoms with E-state index in [2.05, 4.69) is 0 Å². The molecule has 2 aliphatic rings. The molecule has 2 aliphatic heterocycles. The SMILES string of the molecule is COCCOCCOCCOCCC1(C)C(=CC=CC=CC2=[N+](CCOCCOC)c3ccc4c(S(=O)(=O)O)cc(S(=O)(=O)O)cc4c3C2(C)CCCS(=O)(=O)O)N(CCCCCC(=O)O)c2ccc3c(S(=O)(=O)O)cc(S(=O)(=O)O)cc3c21. The van der Waals surface area contributed by atoms with Gasteiger partial charge in [0.05, 0.1) is 73.8 Å². The number of unbranched alkanes of at least 4 members (excludes halogenated alkanes) is 2. The van der Waals surface area contributed by atoms with Crippen molar-refractivity contribution in [3.8, 4) is 0 Å². The van der Waals surface area contributed by atoms with E-state index in [-0.39, 0.29) is 112 Å². The fourth-order valence-corrected chi connectivity index (χ4v) is 13.9. The third-order valence-corrected chi connectivity index (χ3v) is 18.8. The van der Waals surface area contributed by atoms with Crippen LogP contribution in [0.5, 0.6) is 0 Å². The maximum Gasteiger partial charge on any atom is 0.303 e. The van der Waals surface area contributed by atoms with Gasteiger partial charge in [-0.15, -0.1) is 0 Å². The number of rotatable bonds is 35. The highest BCUT2D eigenvalue weighted by molar-refractivity contribution is 7.87. The molecule has 6 N–H and O–H groups in total. The van der Waals surface area contributed by atoms with Gasteiger partial charge in [-0.3, -0.25) is 27.6 Å². The monoisotopic (exact) mass is 1280 g/mol. The molecule has 2 heterocycles. The molecule has 464 valence electrons. The summed E-state index contributed by atoms with van der Waals surface area (Å²) in [6.45, 7) is 6.19. The molecule has 0 spiro atoms. The highest BCUT2D eigenvalue weighted by Gasteiger charge is 2.49. The predicted octanol–water partition coefficient (Wildman–Crippen LogP) is 6.17. The number of ether oxygens (including phenoxy) is 6. The van der Waals surface area contributed by atoms with Gasteiger partial charge in [0.25, 0.3) is 50.6 Å². The van der Waals surface area contributed by atoms with Crippen LogP contribution in [0.2, 0.25) is 0 Å². The van der Waals surface area contributed by atoms with Crippen molar-refractivity contribution in [2.24, 2.45) is 0 Å². The van der Waals surface area contributed by atoms with Crippen LogP contribution in [0.4, 0.5) is 11.4 Å². The lowest BCUT2D eigenvalue weighted by molar-refractivity contribution is -0.442. The molecule has 84 heavy (non-hydrogen) atoms. The minimum atomic E-state index is -5.14. The number of carboxylic acids is 1. The number of carboxylic acid groups (broad SMARTS) is 1. The van der Waals surface area contributed by atoms with Crippen molar-refractivity contribution in [1.82, 2.24) is 0 Å². The van der Waals surface area contributed by atoms with E-state index < -0.39 is 92.7 Å². The van der Waals surface area contributed by atoms with Gasteiger partial charge in [-0.1, -0.05) is 30.7 Å². The Kier molecular flexibility index (Phi) is 23.1.